The van der Waals surface area contributed by atoms with Crippen molar-refractivity contribution < 1.29 is 19.1 Å². The van der Waals surface area contributed by atoms with Gasteiger partial charge in [0.25, 0.3) is 11.8 Å². The number of ether oxygens (including phenoxy) is 2. The van der Waals surface area contributed by atoms with Crippen molar-refractivity contribution in [3.63, 3.8) is 0 Å². The lowest BCUT2D eigenvalue weighted by Gasteiger charge is -2.12. The lowest BCUT2D eigenvalue weighted by Crippen LogP contribution is -2.24. The molecule has 0 fully saturated rings. The van der Waals surface area contributed by atoms with E-state index in [1.165, 1.54) is 14.2 Å². The maximum Gasteiger partial charge on any atom is 0.272 e. The third-order valence-corrected chi connectivity index (χ3v) is 5.11. The van der Waals surface area contributed by atoms with E-state index < -0.39 is 0 Å². The number of nitrogens with zero attached hydrogens (tertiary/aromatic N) is 3. The number of aromatic nitrogens is 4. The van der Waals surface area contributed by atoms with Crippen molar-refractivity contribution >= 4 is 22.7 Å². The Hall–Kier alpha value is -4.47. The van der Waals surface area contributed by atoms with Gasteiger partial charge in [-0.2, -0.15) is 5.10 Å². The highest BCUT2D eigenvalue weighted by Gasteiger charge is 2.17. The van der Waals surface area contributed by atoms with Crippen LogP contribution in [0.4, 0.5) is 0 Å². The quantitative estimate of drug-likeness (QED) is 0.397. The molecule has 0 atom stereocenters. The molecule has 10 nitrogen and oxygen atoms in total. The summed E-state index contributed by atoms with van der Waals surface area (Å²) in [5, 5.41) is 13.1. The third kappa shape index (κ3) is 4.31. The zero-order valence-electron chi connectivity index (χ0n) is 18.3. The number of pyridine rings is 2. The van der Waals surface area contributed by atoms with Crippen LogP contribution >= 0.6 is 0 Å². The molecule has 0 saturated carbocycles. The van der Waals surface area contributed by atoms with Gasteiger partial charge in [-0.15, -0.1) is 0 Å². The first kappa shape index (κ1) is 21.8. The van der Waals surface area contributed by atoms with E-state index in [0.717, 1.165) is 11.1 Å². The van der Waals surface area contributed by atoms with Gasteiger partial charge in [-0.05, 0) is 29.8 Å². The van der Waals surface area contributed by atoms with Crippen LogP contribution < -0.4 is 20.1 Å². The number of H-pyrrole nitrogens is 1. The average molecular weight is 446 g/mol. The molecule has 0 aliphatic heterocycles. The van der Waals surface area contributed by atoms with Gasteiger partial charge in [0.1, 0.15) is 5.56 Å². The van der Waals surface area contributed by atoms with E-state index in [0.29, 0.717) is 28.0 Å². The normalized spacial score (nSPS) is 10.6. The van der Waals surface area contributed by atoms with Crippen molar-refractivity contribution in [1.82, 2.24) is 30.8 Å². The second kappa shape index (κ2) is 9.35. The summed E-state index contributed by atoms with van der Waals surface area (Å²) in [5.74, 6) is 0.0282. The van der Waals surface area contributed by atoms with Gasteiger partial charge in [0.05, 0.1) is 19.7 Å². The fraction of sp³-hybridized carbons (Fsp3) is 0.174. The number of carbonyl (C=O) groups excluding carboxylic acids is 2. The first-order chi connectivity index (χ1) is 16.0. The minimum absolute atomic E-state index is 0.207. The molecule has 1 aromatic carbocycles. The number of carbonyl (C=O) groups is 2. The number of nitrogens with one attached hydrogen (secondary N) is 3. The van der Waals surface area contributed by atoms with E-state index in [4.69, 9.17) is 9.47 Å². The summed E-state index contributed by atoms with van der Waals surface area (Å²) in [6, 6.07) is 10.8. The molecular weight excluding hydrogens is 424 g/mol. The molecule has 3 heterocycles. The van der Waals surface area contributed by atoms with Gasteiger partial charge < -0.3 is 20.1 Å². The van der Waals surface area contributed by atoms with Crippen molar-refractivity contribution in [3.05, 3.63) is 65.6 Å². The highest BCUT2D eigenvalue weighted by Crippen LogP contribution is 2.28. The number of aromatic amines is 1. The Bertz CT molecular complexity index is 1330. The van der Waals surface area contributed by atoms with Crippen LogP contribution in [-0.4, -0.2) is 53.2 Å². The Labute approximate surface area is 189 Å². The molecule has 3 N–H and O–H groups in total. The van der Waals surface area contributed by atoms with E-state index in [9.17, 15) is 9.59 Å². The Kier molecular flexibility index (Phi) is 6.16. The van der Waals surface area contributed by atoms with Crippen LogP contribution in [0, 0.1) is 0 Å². The number of rotatable bonds is 7. The second-order valence-corrected chi connectivity index (χ2v) is 7.05. The minimum atomic E-state index is -0.350. The summed E-state index contributed by atoms with van der Waals surface area (Å²) in [6.45, 7) is 0.228. The number of fused-ring (bicyclic) bond motifs is 1. The summed E-state index contributed by atoms with van der Waals surface area (Å²) in [6.07, 6.45) is 3.24. The molecule has 4 rings (SSSR count). The first-order valence-electron chi connectivity index (χ1n) is 10.1. The predicted octanol–water partition coefficient (Wildman–Crippen LogP) is 2.33. The lowest BCUT2D eigenvalue weighted by atomic mass is 10.0. The van der Waals surface area contributed by atoms with Gasteiger partial charge in [-0.1, -0.05) is 12.1 Å². The molecule has 3 aromatic heterocycles. The van der Waals surface area contributed by atoms with Crippen LogP contribution in [0.5, 0.6) is 11.8 Å². The Balaban J connectivity index is 1.62. The standard InChI is InChI=1S/C23H22N6O4/c1-24-21(31)19-16-7-6-13(10-18(16)28-29-19)15-9-17(23(33-3)27-12-15)20(30)26-11-14-5-4-8-25-22(14)32-2/h4-10,12H,11H2,1-3H3,(H,24,31)(H,26,30)(H,28,29). The van der Waals surface area contributed by atoms with Crippen molar-refractivity contribution in [2.24, 2.45) is 0 Å². The lowest BCUT2D eigenvalue weighted by molar-refractivity contribution is 0.0943. The predicted molar refractivity (Wildman–Crippen MR) is 121 cm³/mol. The molecule has 0 aliphatic carbocycles. The van der Waals surface area contributed by atoms with Gasteiger partial charge in [0.2, 0.25) is 11.8 Å². The maximum absolute atomic E-state index is 13.0. The summed E-state index contributed by atoms with van der Waals surface area (Å²) >= 11 is 0. The molecule has 0 aliphatic rings. The van der Waals surface area contributed by atoms with E-state index in [1.54, 1.807) is 37.6 Å². The van der Waals surface area contributed by atoms with Gasteiger partial charge >= 0.3 is 0 Å². The van der Waals surface area contributed by atoms with E-state index in [-0.39, 0.29) is 29.8 Å². The zero-order valence-corrected chi connectivity index (χ0v) is 18.3. The third-order valence-electron chi connectivity index (χ3n) is 5.11. The van der Waals surface area contributed by atoms with Crippen LogP contribution in [0.3, 0.4) is 0 Å². The monoisotopic (exact) mass is 446 g/mol. The molecule has 168 valence electrons. The van der Waals surface area contributed by atoms with Crippen molar-refractivity contribution in [1.29, 1.82) is 0 Å². The number of hydrogen-bond acceptors (Lipinski definition) is 7. The summed E-state index contributed by atoms with van der Waals surface area (Å²) in [4.78, 5) is 33.4. The van der Waals surface area contributed by atoms with Gasteiger partial charge in [-0.3, -0.25) is 14.7 Å². The highest BCUT2D eigenvalue weighted by molar-refractivity contribution is 6.05. The smallest absolute Gasteiger partial charge is 0.272 e. The number of benzene rings is 1. The van der Waals surface area contributed by atoms with Crippen LogP contribution in [0.25, 0.3) is 22.0 Å². The number of hydrogen-bond donors (Lipinski definition) is 3. The average Bonchev–Trinajstić information content (AvgIpc) is 3.29. The van der Waals surface area contributed by atoms with Crippen molar-refractivity contribution in [2.75, 3.05) is 21.3 Å². The van der Waals surface area contributed by atoms with E-state index >= 15 is 0 Å². The van der Waals surface area contributed by atoms with Gasteiger partial charge in [-0.25, -0.2) is 9.97 Å². The molecule has 10 heteroatoms. The summed E-state index contributed by atoms with van der Waals surface area (Å²) < 4.78 is 10.5. The second-order valence-electron chi connectivity index (χ2n) is 7.05. The van der Waals surface area contributed by atoms with Gasteiger partial charge in [0, 0.05) is 42.5 Å². The summed E-state index contributed by atoms with van der Waals surface area (Å²) in [7, 11) is 4.54. The minimum Gasteiger partial charge on any atom is -0.481 e. The Morgan fingerprint density at radius 3 is 2.58 bits per heavy atom. The maximum atomic E-state index is 13.0. The number of methoxy groups -OCH3 is 2. The molecule has 0 bridgehead atoms. The number of amides is 2. The molecule has 0 radical (unpaired) electrons. The Morgan fingerprint density at radius 2 is 1.82 bits per heavy atom. The highest BCUT2D eigenvalue weighted by atomic mass is 16.5. The Morgan fingerprint density at radius 1 is 1.00 bits per heavy atom. The van der Waals surface area contributed by atoms with Gasteiger partial charge in [0.15, 0.2) is 5.69 Å². The topological polar surface area (TPSA) is 131 Å². The van der Waals surface area contributed by atoms with E-state index in [2.05, 4.69) is 30.8 Å². The summed E-state index contributed by atoms with van der Waals surface area (Å²) in [5.41, 5.74) is 3.54. The van der Waals surface area contributed by atoms with Crippen LogP contribution in [0.1, 0.15) is 26.4 Å². The molecule has 0 unspecified atom stereocenters. The molecular formula is C23H22N6O4. The SMILES string of the molecule is CNC(=O)c1n[nH]c2cc(-c3cnc(OC)c(C(=O)NCc4cccnc4OC)c3)ccc12. The zero-order chi connectivity index (χ0) is 23.4. The van der Waals surface area contributed by atoms with Crippen LogP contribution in [0.15, 0.2) is 48.8 Å². The van der Waals surface area contributed by atoms with E-state index in [1.807, 2.05) is 18.2 Å². The van der Waals surface area contributed by atoms with Crippen LogP contribution in [-0.2, 0) is 6.54 Å². The molecule has 0 spiro atoms. The van der Waals surface area contributed by atoms with Crippen molar-refractivity contribution in [2.45, 2.75) is 6.54 Å². The fourth-order valence-corrected chi connectivity index (χ4v) is 3.44. The van der Waals surface area contributed by atoms with Crippen LogP contribution in [0.2, 0.25) is 0 Å². The molecule has 4 aromatic rings. The van der Waals surface area contributed by atoms with Crippen molar-refractivity contribution in [3.8, 4) is 22.9 Å². The largest absolute Gasteiger partial charge is 0.481 e. The molecule has 0 saturated heterocycles. The molecule has 33 heavy (non-hydrogen) atoms. The fourth-order valence-electron chi connectivity index (χ4n) is 3.44. The molecule has 2 amide bonds. The first-order valence-corrected chi connectivity index (χ1v) is 10.1.